The van der Waals surface area contributed by atoms with Crippen LogP contribution in [0.3, 0.4) is 0 Å². The Hall–Kier alpha value is -2.29. The van der Waals surface area contributed by atoms with Crippen molar-refractivity contribution in [3.8, 4) is 0 Å². The van der Waals surface area contributed by atoms with Crippen LogP contribution in [-0.2, 0) is 22.0 Å². The maximum atomic E-state index is 12.6. The molecule has 1 aliphatic carbocycles. The molecule has 156 valence electrons. The minimum Gasteiger partial charge on any atom is -0.367 e. The van der Waals surface area contributed by atoms with Crippen molar-refractivity contribution in [1.82, 2.24) is 4.98 Å². The molecule has 2 aromatic rings. The summed E-state index contributed by atoms with van der Waals surface area (Å²) in [4.78, 5) is 3.87. The summed E-state index contributed by atoms with van der Waals surface area (Å²) in [5.41, 5.74) is 0.858. The fraction of sp³-hybridized carbons (Fsp3) is 0.450. The van der Waals surface area contributed by atoms with Gasteiger partial charge in [-0.15, -0.1) is 0 Å². The van der Waals surface area contributed by atoms with Crippen LogP contribution in [0, 0.1) is 5.92 Å². The predicted molar refractivity (Wildman–Crippen MR) is 105 cm³/mol. The Labute approximate surface area is 168 Å². The maximum Gasteiger partial charge on any atom is 0.417 e. The van der Waals surface area contributed by atoms with Crippen molar-refractivity contribution in [3.63, 3.8) is 0 Å². The number of nitrogens with one attached hydrogen (secondary N) is 1. The fourth-order valence-corrected chi connectivity index (χ4v) is 5.80. The predicted octanol–water partition coefficient (Wildman–Crippen LogP) is 4.42. The summed E-state index contributed by atoms with van der Waals surface area (Å²) in [7, 11) is -3.31. The summed E-state index contributed by atoms with van der Waals surface area (Å²) in [5, 5.41) is 3.20. The van der Waals surface area contributed by atoms with Crippen LogP contribution in [0.2, 0.25) is 0 Å². The van der Waals surface area contributed by atoms with Gasteiger partial charge < -0.3 is 5.32 Å². The van der Waals surface area contributed by atoms with Gasteiger partial charge in [-0.1, -0.05) is 18.2 Å². The second-order valence-electron chi connectivity index (χ2n) is 7.71. The molecule has 1 aromatic carbocycles. The average molecular weight is 425 g/mol. The Balaban J connectivity index is 1.33. The highest BCUT2D eigenvalue weighted by Crippen LogP contribution is 2.36. The molecule has 1 aromatic heterocycles. The van der Waals surface area contributed by atoms with Crippen molar-refractivity contribution in [2.45, 2.75) is 43.7 Å². The third-order valence-corrected chi connectivity index (χ3v) is 7.34. The molecule has 0 spiro atoms. The summed E-state index contributed by atoms with van der Waals surface area (Å²) in [6.45, 7) is 0.477. The van der Waals surface area contributed by atoms with Crippen LogP contribution in [0.4, 0.5) is 24.7 Å². The first-order chi connectivity index (χ1) is 13.7. The molecule has 1 fully saturated rings. The van der Waals surface area contributed by atoms with Gasteiger partial charge in [-0.2, -0.15) is 13.2 Å². The Morgan fingerprint density at radius 1 is 1.07 bits per heavy atom. The SMILES string of the molecule is O=S1(=O)Cc2ccccc2N1CC1CCC(Nc2ccc(C(F)(F)F)cn2)CC1. The van der Waals surface area contributed by atoms with E-state index in [-0.39, 0.29) is 17.7 Å². The highest BCUT2D eigenvalue weighted by molar-refractivity contribution is 7.92. The van der Waals surface area contributed by atoms with E-state index in [1.54, 1.807) is 0 Å². The zero-order valence-corrected chi connectivity index (χ0v) is 16.5. The second-order valence-corrected chi connectivity index (χ2v) is 9.60. The first-order valence-corrected chi connectivity index (χ1v) is 11.2. The number of halogens is 3. The zero-order valence-electron chi connectivity index (χ0n) is 15.7. The van der Waals surface area contributed by atoms with E-state index >= 15 is 0 Å². The Morgan fingerprint density at radius 3 is 2.45 bits per heavy atom. The van der Waals surface area contributed by atoms with Gasteiger partial charge in [-0.05, 0) is 55.4 Å². The molecule has 2 aliphatic rings. The van der Waals surface area contributed by atoms with Gasteiger partial charge in [0.2, 0.25) is 10.0 Å². The standard InChI is InChI=1S/C20H22F3N3O2S/c21-20(22,23)16-7-10-19(24-11-16)25-17-8-5-14(6-9-17)12-26-18-4-2-1-3-15(18)13-29(26,27)28/h1-4,7,10-11,14,17H,5-6,8-9,12-13H2,(H,24,25). The molecule has 0 bridgehead atoms. The van der Waals surface area contributed by atoms with Gasteiger partial charge in [0.1, 0.15) is 5.82 Å². The number of anilines is 2. The van der Waals surface area contributed by atoms with Crippen LogP contribution >= 0.6 is 0 Å². The first-order valence-electron chi connectivity index (χ1n) is 9.60. The molecule has 1 N–H and O–H groups in total. The lowest BCUT2D eigenvalue weighted by molar-refractivity contribution is -0.137. The lowest BCUT2D eigenvalue weighted by Crippen LogP contribution is -2.35. The topological polar surface area (TPSA) is 62.3 Å². The molecular formula is C20H22F3N3O2S. The molecule has 0 amide bonds. The normalized spacial score (nSPS) is 23.6. The minimum absolute atomic E-state index is 0.0552. The number of benzene rings is 1. The van der Waals surface area contributed by atoms with Gasteiger partial charge in [-0.3, -0.25) is 4.31 Å². The number of para-hydroxylation sites is 1. The number of nitrogens with zero attached hydrogens (tertiary/aromatic N) is 2. The molecule has 1 saturated carbocycles. The van der Waals surface area contributed by atoms with E-state index in [1.165, 1.54) is 10.4 Å². The van der Waals surface area contributed by atoms with Gasteiger partial charge >= 0.3 is 6.18 Å². The molecule has 4 rings (SSSR count). The number of alkyl halides is 3. The van der Waals surface area contributed by atoms with Gasteiger partial charge in [0.25, 0.3) is 0 Å². The van der Waals surface area contributed by atoms with E-state index in [2.05, 4.69) is 10.3 Å². The monoisotopic (exact) mass is 425 g/mol. The number of hydrogen-bond donors (Lipinski definition) is 1. The van der Waals surface area contributed by atoms with Crippen molar-refractivity contribution in [2.24, 2.45) is 5.92 Å². The Morgan fingerprint density at radius 2 is 1.79 bits per heavy atom. The largest absolute Gasteiger partial charge is 0.417 e. The molecule has 9 heteroatoms. The number of pyridine rings is 1. The third-order valence-electron chi connectivity index (χ3n) is 5.65. The van der Waals surface area contributed by atoms with E-state index in [9.17, 15) is 21.6 Å². The molecule has 0 saturated heterocycles. The Bertz CT molecular complexity index is 969. The molecule has 0 unspecified atom stereocenters. The van der Waals surface area contributed by atoms with E-state index < -0.39 is 21.8 Å². The summed E-state index contributed by atoms with van der Waals surface area (Å²) in [6.07, 6.45) is -0.202. The summed E-state index contributed by atoms with van der Waals surface area (Å²) in [6, 6.07) is 9.90. The molecule has 2 heterocycles. The van der Waals surface area contributed by atoms with Crippen LogP contribution in [0.1, 0.15) is 36.8 Å². The van der Waals surface area contributed by atoms with Crippen LogP contribution < -0.4 is 9.62 Å². The quantitative estimate of drug-likeness (QED) is 0.788. The molecular weight excluding hydrogens is 403 g/mol. The van der Waals surface area contributed by atoms with E-state index in [0.717, 1.165) is 49.2 Å². The van der Waals surface area contributed by atoms with Crippen LogP contribution in [0.5, 0.6) is 0 Å². The first kappa shape index (κ1) is 20.0. The maximum absolute atomic E-state index is 12.6. The fourth-order valence-electron chi connectivity index (χ4n) is 4.09. The highest BCUT2D eigenvalue weighted by atomic mass is 32.2. The van der Waals surface area contributed by atoms with Crippen LogP contribution in [0.25, 0.3) is 0 Å². The zero-order chi connectivity index (χ0) is 20.6. The highest BCUT2D eigenvalue weighted by Gasteiger charge is 2.35. The van der Waals surface area contributed by atoms with E-state index in [1.807, 2.05) is 24.3 Å². The van der Waals surface area contributed by atoms with Crippen LogP contribution in [-0.4, -0.2) is 26.0 Å². The number of hydrogen-bond acceptors (Lipinski definition) is 4. The molecule has 1 aliphatic heterocycles. The lowest BCUT2D eigenvalue weighted by Gasteiger charge is -2.32. The average Bonchev–Trinajstić information content (AvgIpc) is 2.93. The summed E-state index contributed by atoms with van der Waals surface area (Å²) in [5.74, 6) is 0.742. The third kappa shape index (κ3) is 4.34. The Kier molecular flexibility index (Phi) is 5.18. The number of rotatable bonds is 4. The number of sulfonamides is 1. The molecule has 5 nitrogen and oxygen atoms in total. The second kappa shape index (κ2) is 7.51. The smallest absolute Gasteiger partial charge is 0.367 e. The van der Waals surface area contributed by atoms with Crippen molar-refractivity contribution >= 4 is 21.5 Å². The summed E-state index contributed by atoms with van der Waals surface area (Å²) < 4.78 is 64.5. The van der Waals surface area contributed by atoms with Gasteiger partial charge in [0.15, 0.2) is 0 Å². The molecule has 0 atom stereocenters. The molecule has 29 heavy (non-hydrogen) atoms. The van der Waals surface area contributed by atoms with Gasteiger partial charge in [0, 0.05) is 18.8 Å². The van der Waals surface area contributed by atoms with Gasteiger partial charge in [0.05, 0.1) is 17.0 Å². The van der Waals surface area contributed by atoms with E-state index in [4.69, 9.17) is 0 Å². The van der Waals surface area contributed by atoms with Crippen LogP contribution in [0.15, 0.2) is 42.6 Å². The number of fused-ring (bicyclic) bond motifs is 1. The van der Waals surface area contributed by atoms with Gasteiger partial charge in [-0.25, -0.2) is 13.4 Å². The number of aromatic nitrogens is 1. The lowest BCUT2D eigenvalue weighted by atomic mass is 9.86. The van der Waals surface area contributed by atoms with E-state index in [0.29, 0.717) is 12.4 Å². The van der Waals surface area contributed by atoms with Crippen molar-refractivity contribution in [2.75, 3.05) is 16.2 Å². The van der Waals surface area contributed by atoms with Crippen molar-refractivity contribution in [1.29, 1.82) is 0 Å². The molecule has 0 radical (unpaired) electrons. The summed E-state index contributed by atoms with van der Waals surface area (Å²) >= 11 is 0. The minimum atomic E-state index is -4.39. The van der Waals surface area contributed by atoms with Crippen molar-refractivity contribution in [3.05, 3.63) is 53.7 Å². The van der Waals surface area contributed by atoms with Crippen molar-refractivity contribution < 1.29 is 21.6 Å².